The van der Waals surface area contributed by atoms with Crippen LogP contribution in [-0.4, -0.2) is 276 Å². The van der Waals surface area contributed by atoms with Crippen molar-refractivity contribution < 1.29 is 176 Å². The van der Waals surface area contributed by atoms with Crippen LogP contribution < -0.4 is 55.3 Å². The van der Waals surface area contributed by atoms with Crippen molar-refractivity contribution in [1.82, 2.24) is 58.5 Å². The van der Waals surface area contributed by atoms with Crippen LogP contribution in [0.3, 0.4) is 0 Å². The smallest absolute Gasteiger partial charge is 0.481 e. The van der Waals surface area contributed by atoms with Crippen LogP contribution in [0.25, 0.3) is 0 Å². The molecule has 39 nitrogen and oxygen atoms in total. The summed E-state index contributed by atoms with van der Waals surface area (Å²) in [6, 6.07) is 1.90. The number of rotatable bonds is 22. The third kappa shape index (κ3) is 38.6. The second-order valence-electron chi connectivity index (χ2n) is 35.9. The number of amides is 9. The zero-order valence-electron chi connectivity index (χ0n) is 79.2. The monoisotopic (exact) mass is 2000 g/mol. The molecule has 0 aromatic heterocycles. The lowest BCUT2D eigenvalue weighted by Gasteiger charge is -2.26. The number of fused-ring (bicyclic) bond motifs is 3. The van der Waals surface area contributed by atoms with Gasteiger partial charge in [0.25, 0.3) is 5.91 Å². The van der Waals surface area contributed by atoms with E-state index in [-0.39, 0.29) is 170 Å². The first-order valence-corrected chi connectivity index (χ1v) is 43.1. The summed E-state index contributed by atoms with van der Waals surface area (Å²) >= 11 is 11.6. The van der Waals surface area contributed by atoms with Gasteiger partial charge in [-0.25, -0.2) is 19.2 Å². The van der Waals surface area contributed by atoms with E-state index < -0.39 is 224 Å². The number of ether oxygens (including phenoxy) is 4. The highest BCUT2D eigenvalue weighted by molar-refractivity contribution is 6.62. The molecule has 4 saturated heterocycles. The van der Waals surface area contributed by atoms with Crippen molar-refractivity contribution in [2.75, 3.05) is 52.4 Å². The van der Waals surface area contributed by atoms with Crippen molar-refractivity contribution in [1.29, 1.82) is 0 Å². The number of hydrogen-bond acceptors (Lipinski definition) is 27. The number of likely N-dealkylation sites (tertiary alicyclic amines) is 4. The second kappa shape index (κ2) is 50.8. The average Bonchev–Trinajstić information content (AvgIpc) is 1.61. The minimum Gasteiger partial charge on any atom is -0.481 e. The third-order valence-electron chi connectivity index (χ3n) is 20.3. The molecule has 764 valence electrons. The van der Waals surface area contributed by atoms with Gasteiger partial charge in [0.1, 0.15) is 28.2 Å². The summed E-state index contributed by atoms with van der Waals surface area (Å²) < 4.78 is 163. The maximum absolute atomic E-state index is 13.8. The highest BCUT2D eigenvalue weighted by Gasteiger charge is 2.48. The lowest BCUT2D eigenvalue weighted by molar-refractivity contribution is -0.140. The van der Waals surface area contributed by atoms with Crippen LogP contribution >= 0.6 is 23.2 Å². The Morgan fingerprint density at radius 2 is 0.657 bits per heavy atom. The van der Waals surface area contributed by atoms with Crippen molar-refractivity contribution in [3.63, 3.8) is 0 Å². The Kier molecular flexibility index (Phi) is 44.0. The summed E-state index contributed by atoms with van der Waals surface area (Å²) in [6.45, 7) is 25.3. The van der Waals surface area contributed by atoms with Gasteiger partial charge in [-0.3, -0.25) is 47.9 Å². The summed E-state index contributed by atoms with van der Waals surface area (Å²) in [5, 5.41) is 68.2. The Balaban J connectivity index is 0.000000465. The van der Waals surface area contributed by atoms with Gasteiger partial charge in [-0.1, -0.05) is 26.0 Å². The van der Waals surface area contributed by atoms with Crippen LogP contribution in [0.5, 0.6) is 0 Å². The minimum atomic E-state index is -4.91. The number of carboxylic acid groups (broad SMARTS) is 3. The van der Waals surface area contributed by atoms with E-state index in [1.54, 1.807) is 90.0 Å². The van der Waals surface area contributed by atoms with Gasteiger partial charge >= 0.3 is 82.2 Å². The molecule has 0 radical (unpaired) electrons. The first kappa shape index (κ1) is 119. The number of alkyl halides is 11. The fourth-order valence-electron chi connectivity index (χ4n) is 14.2. The van der Waals surface area contributed by atoms with Gasteiger partial charge in [-0.2, -0.15) is 39.5 Å². The predicted octanol–water partition coefficient (Wildman–Crippen LogP) is 7.70. The number of carbonyl (C=O) groups is 15. The van der Waals surface area contributed by atoms with Gasteiger partial charge in [-0.05, 0) is 154 Å². The lowest BCUT2D eigenvalue weighted by Crippen LogP contribution is -2.52. The number of benzene rings is 3. The molecule has 7 aliphatic rings. The van der Waals surface area contributed by atoms with Gasteiger partial charge in [0, 0.05) is 115 Å². The topological polar surface area (TPSA) is 585 Å². The summed E-state index contributed by atoms with van der Waals surface area (Å²) in [7, 11) is -4.83. The van der Waals surface area contributed by atoms with Crippen LogP contribution in [0.2, 0.25) is 0 Å². The largest absolute Gasteiger partial charge is 0.491 e. The summed E-state index contributed by atoms with van der Waals surface area (Å²) in [6.07, 6.45) is -18.8. The summed E-state index contributed by atoms with van der Waals surface area (Å²) in [5.41, 5.74) is -8.37. The molecular weight excluding hydrogens is 1890 g/mol. The van der Waals surface area contributed by atoms with Crippen LogP contribution in [0, 0.1) is 5.92 Å². The molecule has 9 amide bonds. The van der Waals surface area contributed by atoms with E-state index in [4.69, 9.17) is 72.8 Å². The molecule has 0 spiro atoms. The predicted molar refractivity (Wildman–Crippen MR) is 475 cm³/mol. The Bertz CT molecular complexity index is 4560. The fraction of sp³-hybridized carbons (Fsp3) is 0.607. The van der Waals surface area contributed by atoms with Crippen LogP contribution in [-0.2, 0) is 110 Å². The molecule has 0 bridgehead atoms. The number of hydrogen-bond donors (Lipinski definition) is 13. The highest BCUT2D eigenvalue weighted by atomic mass is 35.5. The standard InChI is InChI=1S/C27H24B2F6N2O9.C19H33N3O6.C18H31N3O7.C10H8BF3O3.C8H11Cl2NO3.C2H6.2H3N/c30-26(31,32)17-3-12(5-19-15(17)10-45-28(19)43)22(38)7-14-8-37(23(39)1-2-24(40)41)9-21(14)36-25(42)13-4-18(27(33,34)35)16-11-46-29(44)20(16)6-13;1-12(23)8-9-15(24)22-10-13(20-16(25)27-18(2,3)4)14(11-22)21-17(26)28-19(5,6)7;1-17(2,3)27-15(25)19-11-9-21(13(22)7-8-14(23)24)10-12(11)20-16(26)28-18(4,5)6;1-5(15)6-2-8(10(12,13)14)7-4-17-11(16)9(7)3-6;9-5-3-11(4-6(5)10)7(12)1-2-8(13)14;1-2;;/h3-6,14,21,43-44H,1-2,7-11H2,(H,36,42)(H,40,41);13-14H,8-11H2,1-7H3,(H,20,25)(H,21,26);11-12H,7-10H2,1-6H3,(H,19,25)(H,20,26)(H,23,24);2-3,16H,4H2,1H3;5-6H,1-4H2,(H,13,14);1-2H3;2*1H3/t14-,21-;13-,14-;11-,12-;;5-,6-;;;/m000.0.../s1/i;;;;;1D;;. The quantitative estimate of drug-likeness (QED) is 0.0151. The minimum absolute atomic E-state index is 0. The van der Waals surface area contributed by atoms with E-state index in [9.17, 15) is 127 Å². The van der Waals surface area contributed by atoms with Gasteiger partial charge in [0.15, 0.2) is 11.6 Å². The van der Waals surface area contributed by atoms with Crippen molar-refractivity contribution in [2.24, 2.45) is 5.92 Å². The highest BCUT2D eigenvalue weighted by Crippen LogP contribution is 2.39. The summed E-state index contributed by atoms with van der Waals surface area (Å²) in [4.78, 5) is 184. The Labute approximate surface area is 796 Å². The molecule has 0 saturated carbocycles. The molecule has 7 aliphatic heterocycles. The van der Waals surface area contributed by atoms with E-state index in [0.29, 0.717) is 32.1 Å². The first-order chi connectivity index (χ1) is 62.5. The number of Topliss-reactive ketones (excluding diaryl/α,β-unsaturated/α-hetero) is 3. The zero-order valence-corrected chi connectivity index (χ0v) is 79.7. The molecule has 3 aromatic rings. The van der Waals surface area contributed by atoms with Gasteiger partial charge in [-0.15, -0.1) is 23.2 Å². The lowest BCUT2D eigenvalue weighted by atomic mass is 9.76. The van der Waals surface area contributed by atoms with E-state index in [1.807, 2.05) is 0 Å². The molecular formula is C84H119B3Cl2F9N11O28. The average molecular weight is 2010 g/mol. The number of alkyl carbamates (subject to hydrolysis) is 4. The second-order valence-corrected chi connectivity index (χ2v) is 37.0. The van der Waals surface area contributed by atoms with Gasteiger partial charge in [0.05, 0.1) is 96.7 Å². The number of carbonyl (C=O) groups excluding carboxylic acids is 12. The van der Waals surface area contributed by atoms with Gasteiger partial charge < -0.3 is 127 Å². The van der Waals surface area contributed by atoms with E-state index >= 15 is 0 Å². The molecule has 17 N–H and O–H groups in total. The maximum atomic E-state index is 13.8. The molecule has 10 rings (SSSR count). The number of carboxylic acids is 3. The maximum Gasteiger partial charge on any atom is 0.491 e. The molecule has 4 fully saturated rings. The van der Waals surface area contributed by atoms with Crippen molar-refractivity contribution >= 4 is 150 Å². The Morgan fingerprint density at radius 3 is 0.934 bits per heavy atom. The Hall–Kier alpha value is -10.7. The number of ketones is 3. The van der Waals surface area contributed by atoms with Crippen molar-refractivity contribution in [2.45, 2.75) is 270 Å². The van der Waals surface area contributed by atoms with Crippen LogP contribution in [0.4, 0.5) is 58.7 Å². The summed E-state index contributed by atoms with van der Waals surface area (Å²) in [5.74, 6) is -8.17. The molecule has 0 unspecified atom stereocenters. The van der Waals surface area contributed by atoms with E-state index in [2.05, 4.69) is 26.6 Å². The van der Waals surface area contributed by atoms with Gasteiger partial charge in [0.2, 0.25) is 23.6 Å². The van der Waals surface area contributed by atoms with Crippen molar-refractivity contribution in [3.05, 3.63) is 86.5 Å². The molecule has 0 aliphatic carbocycles. The van der Waals surface area contributed by atoms with E-state index in [1.165, 1.54) is 34.6 Å². The molecule has 137 heavy (non-hydrogen) atoms. The molecule has 53 heteroatoms. The SMILES string of the molecule is CC(=O)CCC(=O)N1C[C@H](NC(=O)OC(C)(C)C)[C@@H](NC(=O)OC(C)(C)C)C1.CC(=O)c1cc2c(c(C(F)(F)F)c1)COB2O.CC(C)(C)OC(=O)N[C@H]1CN(C(=O)CCC(=O)O)C[C@@H]1NC(=O)OC(C)(C)C.N.N.O=C(O)CCC(=O)N1C[C@H](CC(=O)c2cc3c(c(C(F)(F)F)c2)COB3O)[C@@H](NC(=O)c2cc3c(c(C(F)(F)F)c2)COB3O)C1.O=C(O)CCC(=O)N1C[C@H](Cl)[C@@H](Cl)C1.[2H]CC. The number of aliphatic carboxylic acids is 3. The number of nitrogens with one attached hydrogen (secondary N) is 5. The van der Waals surface area contributed by atoms with Crippen molar-refractivity contribution in [3.8, 4) is 0 Å². The van der Waals surface area contributed by atoms with E-state index in [0.717, 1.165) is 23.1 Å². The number of halogens is 11. The van der Waals surface area contributed by atoms with Crippen LogP contribution in [0.1, 0.15) is 234 Å². The van der Waals surface area contributed by atoms with Crippen LogP contribution in [0.15, 0.2) is 36.4 Å². The Morgan fingerprint density at radius 1 is 0.401 bits per heavy atom. The fourth-order valence-corrected chi connectivity index (χ4v) is 14.7. The third-order valence-corrected chi connectivity index (χ3v) is 21.3. The number of nitrogens with zero attached hydrogens (tertiary/aromatic N) is 4. The normalized spacial score (nSPS) is 19.3. The first-order valence-electron chi connectivity index (χ1n) is 43.0. The zero-order chi connectivity index (χ0) is 103. The molecule has 3 aromatic carbocycles. The molecule has 8 atom stereocenters. The molecule has 7 heterocycles.